The minimum absolute atomic E-state index is 0.675. The van der Waals surface area contributed by atoms with Gasteiger partial charge in [-0.2, -0.15) is 0 Å². The molecule has 0 aromatic rings. The van der Waals surface area contributed by atoms with Crippen LogP contribution in [0.15, 0.2) is 0 Å². The summed E-state index contributed by atoms with van der Waals surface area (Å²) in [6.07, 6.45) is 0. The molecule has 0 aliphatic carbocycles. The lowest BCUT2D eigenvalue weighted by Gasteiger charge is -2.17. The lowest BCUT2D eigenvalue weighted by Crippen LogP contribution is -2.34. The summed E-state index contributed by atoms with van der Waals surface area (Å²) >= 11 is 0. The van der Waals surface area contributed by atoms with Crippen LogP contribution < -0.4 is 0 Å². The third kappa shape index (κ3) is 8.17. The first kappa shape index (κ1) is 13.6. The molecule has 0 aromatic heterocycles. The fourth-order valence-electron chi connectivity index (χ4n) is 0.498. The first-order valence-electron chi connectivity index (χ1n) is 3.46. The molecule has 0 atom stereocenters. The highest BCUT2D eigenvalue weighted by atomic mass is 17.0. The predicted octanol–water partition coefficient (Wildman–Crippen LogP) is -1.21. The molecule has 0 heterocycles. The van der Waals surface area contributed by atoms with Gasteiger partial charge in [-0.3, -0.25) is 14.5 Å². The van der Waals surface area contributed by atoms with E-state index in [9.17, 15) is 30.3 Å². The van der Waals surface area contributed by atoms with Crippen LogP contribution in [0.1, 0.15) is 0 Å². The van der Waals surface area contributed by atoms with Gasteiger partial charge in [-0.25, -0.2) is 4.90 Å². The second-order valence-corrected chi connectivity index (χ2v) is 2.12. The van der Waals surface area contributed by atoms with Gasteiger partial charge in [-0.1, -0.05) is 0 Å². The molecule has 0 spiro atoms. The second kappa shape index (κ2) is 6.93. The summed E-state index contributed by atoms with van der Waals surface area (Å²) < 4.78 is 0. The van der Waals surface area contributed by atoms with Gasteiger partial charge in [-0.05, 0) is 0 Å². The summed E-state index contributed by atoms with van der Waals surface area (Å²) in [7, 11) is 0. The van der Waals surface area contributed by atoms with Crippen LogP contribution in [-0.2, 0) is 14.5 Å². The van der Waals surface area contributed by atoms with E-state index >= 15 is 0 Å². The van der Waals surface area contributed by atoms with Crippen molar-refractivity contribution >= 4 is 0 Å². The van der Waals surface area contributed by atoms with Crippen molar-refractivity contribution in [1.82, 2.24) is 4.90 Å². The first-order valence-corrected chi connectivity index (χ1v) is 3.46. The Bertz CT molecular complexity index is 225. The molecule has 16 heavy (non-hydrogen) atoms. The summed E-state index contributed by atoms with van der Waals surface area (Å²) in [5.74, 6) is 0. The van der Waals surface area contributed by atoms with Crippen LogP contribution in [0.25, 0.3) is 0 Å². The molecule has 0 aliphatic rings. The van der Waals surface area contributed by atoms with Crippen molar-refractivity contribution in [1.29, 1.82) is 0 Å². The van der Waals surface area contributed by atoms with E-state index in [1.165, 1.54) is 0 Å². The molecule has 0 bridgehead atoms. The van der Waals surface area contributed by atoms with E-state index < -0.39 is 35.5 Å². The molecular formula is C3H6N4O9. The summed E-state index contributed by atoms with van der Waals surface area (Å²) in [6, 6.07) is 0. The minimum Gasteiger partial charge on any atom is -0.298 e. The van der Waals surface area contributed by atoms with Gasteiger partial charge in [0, 0.05) is 0 Å². The normalized spacial score (nSPS) is 9.56. The quantitative estimate of drug-likeness (QED) is 0.272. The number of hydrogen-bond acceptors (Lipinski definition) is 10. The van der Waals surface area contributed by atoms with Crippen LogP contribution in [0.3, 0.4) is 0 Å². The van der Waals surface area contributed by atoms with Gasteiger partial charge in [0.05, 0.1) is 0 Å². The maximum atomic E-state index is 9.79. The Labute approximate surface area is 86.4 Å². The Balaban J connectivity index is 3.98. The van der Waals surface area contributed by atoms with Crippen LogP contribution in [0.5, 0.6) is 0 Å². The van der Waals surface area contributed by atoms with Gasteiger partial charge in [-0.15, -0.1) is 30.3 Å². The van der Waals surface area contributed by atoms with E-state index in [1.54, 1.807) is 0 Å². The summed E-state index contributed by atoms with van der Waals surface area (Å²) in [5, 5.41) is 25.8. The minimum atomic E-state index is -1.18. The molecule has 0 aromatic carbocycles. The Morgan fingerprint density at radius 2 is 1.00 bits per heavy atom. The van der Waals surface area contributed by atoms with E-state index in [-0.39, 0.29) is 0 Å². The van der Waals surface area contributed by atoms with Crippen molar-refractivity contribution in [3.63, 3.8) is 0 Å². The number of nitrogens with zero attached hydrogens (tertiary/aromatic N) is 4. The molecule has 0 radical (unpaired) electrons. The largest absolute Gasteiger partial charge is 0.298 e. The zero-order valence-electron chi connectivity index (χ0n) is 7.58. The SMILES string of the molecule is O=[N+]([O-])OCN(CO[N+](=O)[O-])CO[N+](=O)[O-]. The van der Waals surface area contributed by atoms with Crippen LogP contribution >= 0.6 is 0 Å². The fourth-order valence-corrected chi connectivity index (χ4v) is 0.498. The van der Waals surface area contributed by atoms with Crippen LogP contribution in [0.2, 0.25) is 0 Å². The summed E-state index contributed by atoms with van der Waals surface area (Å²) in [6.45, 7) is -2.31. The number of hydrogen-bond donors (Lipinski definition) is 0. The summed E-state index contributed by atoms with van der Waals surface area (Å²) in [4.78, 5) is 41.5. The Morgan fingerprint density at radius 3 is 1.19 bits per heavy atom. The first-order chi connectivity index (χ1) is 7.41. The molecule has 0 amide bonds. The van der Waals surface area contributed by atoms with Crippen molar-refractivity contribution in [2.75, 3.05) is 20.2 Å². The summed E-state index contributed by atoms with van der Waals surface area (Å²) in [5.41, 5.74) is 0. The van der Waals surface area contributed by atoms with Crippen molar-refractivity contribution in [2.45, 2.75) is 0 Å². The Morgan fingerprint density at radius 1 is 0.750 bits per heavy atom. The maximum absolute atomic E-state index is 9.79. The van der Waals surface area contributed by atoms with Crippen molar-refractivity contribution in [2.24, 2.45) is 0 Å². The fraction of sp³-hybridized carbons (Fsp3) is 1.00. The van der Waals surface area contributed by atoms with Gasteiger partial charge in [0.2, 0.25) is 0 Å². The van der Waals surface area contributed by atoms with Gasteiger partial charge in [0.25, 0.3) is 15.3 Å². The van der Waals surface area contributed by atoms with Crippen LogP contribution in [0.4, 0.5) is 0 Å². The molecule has 92 valence electrons. The molecular weight excluding hydrogens is 236 g/mol. The van der Waals surface area contributed by atoms with E-state index in [0.717, 1.165) is 0 Å². The topological polar surface area (TPSA) is 160 Å². The average molecular weight is 242 g/mol. The van der Waals surface area contributed by atoms with Crippen molar-refractivity contribution in [3.8, 4) is 0 Å². The molecule has 13 nitrogen and oxygen atoms in total. The highest BCUT2D eigenvalue weighted by molar-refractivity contribution is 4.32. The zero-order chi connectivity index (χ0) is 12.6. The van der Waals surface area contributed by atoms with Gasteiger partial charge in [0.15, 0.2) is 20.2 Å². The third-order valence-corrected chi connectivity index (χ3v) is 1.04. The van der Waals surface area contributed by atoms with Crippen LogP contribution in [-0.4, -0.2) is 40.4 Å². The van der Waals surface area contributed by atoms with E-state index in [0.29, 0.717) is 4.90 Å². The molecule has 0 saturated heterocycles. The van der Waals surface area contributed by atoms with Crippen LogP contribution in [0, 0.1) is 30.3 Å². The highest BCUT2D eigenvalue weighted by Crippen LogP contribution is 1.92. The zero-order valence-corrected chi connectivity index (χ0v) is 7.58. The monoisotopic (exact) mass is 242 g/mol. The molecule has 0 saturated carbocycles. The Hall–Kier alpha value is -2.44. The van der Waals surface area contributed by atoms with E-state index in [4.69, 9.17) is 0 Å². The van der Waals surface area contributed by atoms with Crippen molar-refractivity contribution < 1.29 is 29.8 Å². The lowest BCUT2D eigenvalue weighted by atomic mass is 10.9. The van der Waals surface area contributed by atoms with Crippen molar-refractivity contribution in [3.05, 3.63) is 30.3 Å². The van der Waals surface area contributed by atoms with Gasteiger partial charge < -0.3 is 0 Å². The molecule has 0 N–H and O–H groups in total. The molecule has 0 fully saturated rings. The standard InChI is InChI=1S/C3H6N4O9/c8-5(9)14-1-4(2-15-6(10)11)3-16-7(12)13/h1-3H2. The highest BCUT2D eigenvalue weighted by Gasteiger charge is 2.11. The van der Waals surface area contributed by atoms with E-state index in [1.807, 2.05) is 0 Å². The second-order valence-electron chi connectivity index (χ2n) is 2.12. The smallest absolute Gasteiger partial charge is 0.295 e. The molecule has 0 unspecified atom stereocenters. The predicted molar refractivity (Wildman–Crippen MR) is 40.7 cm³/mol. The Kier molecular flexibility index (Phi) is 5.88. The van der Waals surface area contributed by atoms with Gasteiger partial charge in [0.1, 0.15) is 0 Å². The average Bonchev–Trinajstić information content (AvgIpc) is 2.15. The lowest BCUT2D eigenvalue weighted by molar-refractivity contribution is -0.787. The van der Waals surface area contributed by atoms with E-state index in [2.05, 4.69) is 14.5 Å². The maximum Gasteiger partial charge on any atom is 0.295 e. The third-order valence-electron chi connectivity index (χ3n) is 1.04. The molecule has 13 heteroatoms. The molecule has 0 rings (SSSR count). The van der Waals surface area contributed by atoms with Gasteiger partial charge >= 0.3 is 0 Å². The number of rotatable bonds is 9. The molecule has 0 aliphatic heterocycles.